The maximum atomic E-state index is 12.6. The Morgan fingerprint density at radius 1 is 0.875 bits per heavy atom. The van der Waals surface area contributed by atoms with Crippen molar-refractivity contribution in [2.75, 3.05) is 55.4 Å². The van der Waals surface area contributed by atoms with Gasteiger partial charge in [-0.15, -0.1) is 0 Å². The van der Waals surface area contributed by atoms with E-state index in [-0.39, 0.29) is 22.1 Å². The molecule has 218 valence electrons. The zero-order valence-electron chi connectivity index (χ0n) is 21.3. The lowest BCUT2D eigenvalue weighted by atomic mass is 10.1. The number of piperazine rings is 1. The third-order valence-electron chi connectivity index (χ3n) is 6.33. The lowest BCUT2D eigenvalue weighted by Crippen LogP contribution is -2.49. The maximum Gasteiger partial charge on any atom is 0.490 e. The molecule has 0 unspecified atom stereocenters. The molecule has 0 spiro atoms. The molecule has 11 nitrogen and oxygen atoms in total. The summed E-state index contributed by atoms with van der Waals surface area (Å²) in [7, 11) is -3.90. The number of benzene rings is 2. The Morgan fingerprint density at radius 3 is 1.98 bits per heavy atom. The van der Waals surface area contributed by atoms with E-state index in [1.54, 1.807) is 24.3 Å². The van der Waals surface area contributed by atoms with Crippen molar-refractivity contribution in [2.24, 2.45) is 0 Å². The van der Waals surface area contributed by atoms with Gasteiger partial charge in [0.25, 0.3) is 10.0 Å². The molecule has 3 N–H and O–H groups in total. The van der Waals surface area contributed by atoms with Gasteiger partial charge in [-0.1, -0.05) is 18.2 Å². The van der Waals surface area contributed by atoms with Crippen molar-refractivity contribution in [3.05, 3.63) is 54.1 Å². The summed E-state index contributed by atoms with van der Waals surface area (Å²) in [5.41, 5.74) is 0.615. The number of likely N-dealkylation sites (tertiary alicyclic amines) is 1. The number of rotatable bonds is 7. The van der Waals surface area contributed by atoms with Crippen molar-refractivity contribution in [3.8, 4) is 0 Å². The summed E-state index contributed by atoms with van der Waals surface area (Å²) in [6.45, 7) is 4.81. The summed E-state index contributed by atoms with van der Waals surface area (Å²) in [6, 6.07) is 12.5. The van der Waals surface area contributed by atoms with Gasteiger partial charge >= 0.3 is 18.1 Å². The SMILES string of the molecule is O=C(O)C(F)(F)F.O=C(O)c1cc(N2CCN(CC(=O)N3CCCC3)CC2)ccc1NS(=O)(=O)c1ccccc1. The number of carbonyl (C=O) groups is 3. The van der Waals surface area contributed by atoms with Crippen LogP contribution >= 0.6 is 0 Å². The molecule has 2 saturated heterocycles. The summed E-state index contributed by atoms with van der Waals surface area (Å²) in [6.07, 6.45) is -2.94. The molecule has 0 bridgehead atoms. The highest BCUT2D eigenvalue weighted by atomic mass is 32.2. The van der Waals surface area contributed by atoms with Crippen LogP contribution in [0.25, 0.3) is 0 Å². The number of carboxylic acid groups (broad SMARTS) is 2. The fourth-order valence-electron chi connectivity index (χ4n) is 4.22. The van der Waals surface area contributed by atoms with Gasteiger partial charge in [0.1, 0.15) is 0 Å². The molecular formula is C25H29F3N4O7S. The van der Waals surface area contributed by atoms with Gasteiger partial charge in [-0.3, -0.25) is 14.4 Å². The molecule has 2 aliphatic rings. The molecule has 4 rings (SSSR count). The van der Waals surface area contributed by atoms with Crippen molar-refractivity contribution < 1.29 is 46.2 Å². The molecule has 40 heavy (non-hydrogen) atoms. The van der Waals surface area contributed by atoms with Crippen LogP contribution in [0.5, 0.6) is 0 Å². The molecule has 0 saturated carbocycles. The molecule has 2 aromatic rings. The highest BCUT2D eigenvalue weighted by molar-refractivity contribution is 7.92. The number of nitrogens with one attached hydrogen (secondary N) is 1. The first-order valence-corrected chi connectivity index (χ1v) is 13.8. The minimum Gasteiger partial charge on any atom is -0.478 e. The number of hydrogen-bond acceptors (Lipinski definition) is 7. The summed E-state index contributed by atoms with van der Waals surface area (Å²) in [5, 5.41) is 16.8. The van der Waals surface area contributed by atoms with E-state index in [0.29, 0.717) is 38.4 Å². The topological polar surface area (TPSA) is 148 Å². The minimum absolute atomic E-state index is 0.0185. The molecular weight excluding hydrogens is 557 g/mol. The monoisotopic (exact) mass is 586 g/mol. The molecule has 0 aromatic heterocycles. The standard InChI is InChI=1S/C23H28N4O5S.C2HF3O2/c28-22(27-10-4-5-11-27)17-25-12-14-26(15-13-25)18-8-9-21(20(16-18)23(29)30)24-33(31,32)19-6-2-1-3-7-19;3-2(4,5)1(6)7/h1-3,6-9,16,24H,4-5,10-15,17H2,(H,29,30);(H,6,7). The summed E-state index contributed by atoms with van der Waals surface area (Å²) < 4.78 is 59.4. The molecule has 1 amide bonds. The van der Waals surface area contributed by atoms with Crippen molar-refractivity contribution >= 4 is 39.2 Å². The Labute approximate surface area is 228 Å². The molecule has 2 aliphatic heterocycles. The predicted molar refractivity (Wildman–Crippen MR) is 139 cm³/mol. The largest absolute Gasteiger partial charge is 0.490 e. The van der Waals surface area contributed by atoms with E-state index in [2.05, 4.69) is 14.5 Å². The number of halogens is 3. The number of alkyl halides is 3. The fraction of sp³-hybridized carbons (Fsp3) is 0.400. The third-order valence-corrected chi connectivity index (χ3v) is 7.71. The van der Waals surface area contributed by atoms with E-state index in [1.807, 2.05) is 4.90 Å². The number of amides is 1. The van der Waals surface area contributed by atoms with Gasteiger partial charge in [0.2, 0.25) is 5.91 Å². The molecule has 0 atom stereocenters. The number of aliphatic carboxylic acids is 1. The van der Waals surface area contributed by atoms with E-state index < -0.39 is 28.1 Å². The summed E-state index contributed by atoms with van der Waals surface area (Å²) in [4.78, 5) is 39.3. The average Bonchev–Trinajstić information content (AvgIpc) is 3.45. The van der Waals surface area contributed by atoms with Crippen molar-refractivity contribution in [2.45, 2.75) is 23.9 Å². The first-order valence-electron chi connectivity index (χ1n) is 12.3. The van der Waals surface area contributed by atoms with Crippen LogP contribution in [0.2, 0.25) is 0 Å². The van der Waals surface area contributed by atoms with Crippen LogP contribution in [-0.4, -0.2) is 98.3 Å². The van der Waals surface area contributed by atoms with Crippen LogP contribution < -0.4 is 9.62 Å². The third kappa shape index (κ3) is 8.32. The fourth-order valence-corrected chi connectivity index (χ4v) is 5.32. The second kappa shape index (κ2) is 13.0. The number of nitrogens with zero attached hydrogens (tertiary/aromatic N) is 3. The second-order valence-corrected chi connectivity index (χ2v) is 10.8. The van der Waals surface area contributed by atoms with Gasteiger partial charge < -0.3 is 20.0 Å². The van der Waals surface area contributed by atoms with E-state index in [1.165, 1.54) is 24.3 Å². The Balaban J connectivity index is 0.000000559. The van der Waals surface area contributed by atoms with Crippen LogP contribution in [0.3, 0.4) is 0 Å². The lowest BCUT2D eigenvalue weighted by Gasteiger charge is -2.36. The predicted octanol–water partition coefficient (Wildman–Crippen LogP) is 2.56. The zero-order valence-corrected chi connectivity index (χ0v) is 22.1. The van der Waals surface area contributed by atoms with Gasteiger partial charge in [-0.05, 0) is 43.2 Å². The van der Waals surface area contributed by atoms with E-state index >= 15 is 0 Å². The number of aromatic carboxylic acids is 1. The molecule has 0 aliphatic carbocycles. The Morgan fingerprint density at radius 2 is 1.45 bits per heavy atom. The number of hydrogen-bond donors (Lipinski definition) is 3. The minimum atomic E-state index is -5.08. The molecule has 0 radical (unpaired) electrons. The first kappa shape index (κ1) is 30.7. The van der Waals surface area contributed by atoms with Gasteiger partial charge in [-0.25, -0.2) is 18.0 Å². The number of sulfonamides is 1. The number of carbonyl (C=O) groups excluding carboxylic acids is 1. The van der Waals surface area contributed by atoms with Crippen LogP contribution in [0.4, 0.5) is 24.5 Å². The number of carboxylic acids is 2. The molecule has 15 heteroatoms. The second-order valence-electron chi connectivity index (χ2n) is 9.11. The quantitative estimate of drug-likeness (QED) is 0.445. The zero-order chi connectivity index (χ0) is 29.5. The normalized spacial score (nSPS) is 16.2. The number of anilines is 2. The van der Waals surface area contributed by atoms with Crippen LogP contribution in [-0.2, 0) is 19.6 Å². The maximum absolute atomic E-state index is 12.6. The Bertz CT molecular complexity index is 1310. The lowest BCUT2D eigenvalue weighted by molar-refractivity contribution is -0.192. The van der Waals surface area contributed by atoms with E-state index in [0.717, 1.165) is 25.9 Å². The first-order chi connectivity index (χ1) is 18.8. The smallest absolute Gasteiger partial charge is 0.478 e. The van der Waals surface area contributed by atoms with Crippen LogP contribution in [0.1, 0.15) is 23.2 Å². The average molecular weight is 587 g/mol. The van der Waals surface area contributed by atoms with Crippen LogP contribution in [0, 0.1) is 0 Å². The highest BCUT2D eigenvalue weighted by Crippen LogP contribution is 2.27. The molecule has 2 heterocycles. The van der Waals surface area contributed by atoms with Gasteiger partial charge in [0, 0.05) is 45.0 Å². The summed E-state index contributed by atoms with van der Waals surface area (Å²) in [5.74, 6) is -3.80. The van der Waals surface area contributed by atoms with Crippen molar-refractivity contribution in [3.63, 3.8) is 0 Å². The van der Waals surface area contributed by atoms with E-state index in [9.17, 15) is 36.3 Å². The van der Waals surface area contributed by atoms with Gasteiger partial charge in [0.05, 0.1) is 22.7 Å². The van der Waals surface area contributed by atoms with Crippen molar-refractivity contribution in [1.29, 1.82) is 0 Å². The summed E-state index contributed by atoms with van der Waals surface area (Å²) >= 11 is 0. The Hall–Kier alpha value is -3.85. The molecule has 2 aromatic carbocycles. The van der Waals surface area contributed by atoms with Crippen molar-refractivity contribution in [1.82, 2.24) is 9.80 Å². The van der Waals surface area contributed by atoms with Crippen LogP contribution in [0.15, 0.2) is 53.4 Å². The molecule has 2 fully saturated rings. The highest BCUT2D eigenvalue weighted by Gasteiger charge is 2.38. The van der Waals surface area contributed by atoms with Gasteiger partial charge in [0.15, 0.2) is 0 Å². The Kier molecular flexibility index (Phi) is 9.98. The van der Waals surface area contributed by atoms with E-state index in [4.69, 9.17) is 9.90 Å². The van der Waals surface area contributed by atoms with Gasteiger partial charge in [-0.2, -0.15) is 13.2 Å².